The van der Waals surface area contributed by atoms with Crippen molar-refractivity contribution >= 4 is 24.1 Å². The molecule has 2 N–H and O–H groups in total. The van der Waals surface area contributed by atoms with Crippen molar-refractivity contribution in [3.63, 3.8) is 0 Å². The first-order chi connectivity index (χ1) is 11.4. The maximum absolute atomic E-state index is 11.8. The molecule has 0 spiro atoms. The molecule has 1 saturated heterocycles. The minimum absolute atomic E-state index is 0.0102. The lowest BCUT2D eigenvalue weighted by molar-refractivity contribution is -0.149. The van der Waals surface area contributed by atoms with Crippen LogP contribution < -0.4 is 5.73 Å². The fourth-order valence-corrected chi connectivity index (χ4v) is 3.04. The number of esters is 1. The molecule has 1 aliphatic rings. The van der Waals surface area contributed by atoms with Crippen molar-refractivity contribution in [3.8, 4) is 0 Å². The number of piperidine rings is 1. The highest BCUT2D eigenvalue weighted by Gasteiger charge is 2.26. The van der Waals surface area contributed by atoms with E-state index in [-0.39, 0.29) is 24.2 Å². The lowest BCUT2D eigenvalue weighted by Crippen LogP contribution is -2.38. The SMILES string of the molecule is CCOC(=O)C1CCN(Cn2nc(CCC(N)=O)n(C)c2=S)CC1. The number of primary amides is 1. The molecule has 134 valence electrons. The predicted octanol–water partition coefficient (Wildman–Crippen LogP) is 0.602. The Bertz CT molecular complexity index is 646. The standard InChI is InChI=1S/C15H25N5O3S/c1-3-23-14(22)11-6-8-19(9-7-11)10-20-15(24)18(2)13(17-20)5-4-12(16)21/h11H,3-10H2,1-2H3,(H2,16,21). The second kappa shape index (κ2) is 8.39. The van der Waals surface area contributed by atoms with Crippen LogP contribution in [-0.2, 0) is 34.5 Å². The van der Waals surface area contributed by atoms with Crippen molar-refractivity contribution in [2.75, 3.05) is 19.7 Å². The van der Waals surface area contributed by atoms with Gasteiger partial charge in [-0.05, 0) is 32.0 Å². The largest absolute Gasteiger partial charge is 0.466 e. The van der Waals surface area contributed by atoms with Gasteiger partial charge in [0.15, 0.2) is 4.77 Å². The number of aromatic nitrogens is 3. The Balaban J connectivity index is 1.93. The first kappa shape index (κ1) is 18.6. The first-order valence-corrected chi connectivity index (χ1v) is 8.63. The second-order valence-electron chi connectivity index (χ2n) is 6.01. The lowest BCUT2D eigenvalue weighted by atomic mass is 9.97. The van der Waals surface area contributed by atoms with Gasteiger partial charge in [-0.2, -0.15) is 5.10 Å². The fraction of sp³-hybridized carbons (Fsp3) is 0.733. The van der Waals surface area contributed by atoms with Gasteiger partial charge in [-0.3, -0.25) is 14.5 Å². The summed E-state index contributed by atoms with van der Waals surface area (Å²) in [6, 6.07) is 0. The summed E-state index contributed by atoms with van der Waals surface area (Å²) >= 11 is 5.41. The van der Waals surface area contributed by atoms with Crippen LogP contribution in [0.3, 0.4) is 0 Å². The van der Waals surface area contributed by atoms with E-state index in [2.05, 4.69) is 10.00 Å². The number of amides is 1. The number of aryl methyl sites for hydroxylation is 1. The predicted molar refractivity (Wildman–Crippen MR) is 90.5 cm³/mol. The highest BCUT2D eigenvalue weighted by atomic mass is 32.1. The van der Waals surface area contributed by atoms with Crippen molar-refractivity contribution in [2.24, 2.45) is 18.7 Å². The van der Waals surface area contributed by atoms with Gasteiger partial charge in [-0.25, -0.2) is 4.68 Å². The van der Waals surface area contributed by atoms with Crippen LogP contribution in [0.25, 0.3) is 0 Å². The van der Waals surface area contributed by atoms with Crippen LogP contribution in [0.4, 0.5) is 0 Å². The number of hydrogen-bond donors (Lipinski definition) is 1. The van der Waals surface area contributed by atoms with Gasteiger partial charge >= 0.3 is 5.97 Å². The summed E-state index contributed by atoms with van der Waals surface area (Å²) in [6.07, 6.45) is 2.30. The molecule has 1 fully saturated rings. The van der Waals surface area contributed by atoms with Gasteiger partial charge in [0.05, 0.1) is 19.2 Å². The molecule has 0 atom stereocenters. The summed E-state index contributed by atoms with van der Waals surface area (Å²) in [4.78, 5) is 24.9. The minimum atomic E-state index is -0.350. The first-order valence-electron chi connectivity index (χ1n) is 8.22. The Kier molecular flexibility index (Phi) is 6.50. The molecule has 0 unspecified atom stereocenters. The number of nitrogens with zero attached hydrogens (tertiary/aromatic N) is 4. The van der Waals surface area contributed by atoms with Crippen molar-refractivity contribution in [1.82, 2.24) is 19.2 Å². The molecular weight excluding hydrogens is 330 g/mol. The molecule has 0 aliphatic carbocycles. The van der Waals surface area contributed by atoms with Crippen LogP contribution in [0.15, 0.2) is 0 Å². The van der Waals surface area contributed by atoms with Crippen LogP contribution >= 0.6 is 12.2 Å². The van der Waals surface area contributed by atoms with Gasteiger partial charge < -0.3 is 15.0 Å². The van der Waals surface area contributed by atoms with Crippen LogP contribution in [0.2, 0.25) is 0 Å². The normalized spacial score (nSPS) is 16.2. The summed E-state index contributed by atoms with van der Waals surface area (Å²) in [5.41, 5.74) is 5.19. The Morgan fingerprint density at radius 2 is 2.04 bits per heavy atom. The van der Waals surface area contributed by atoms with Gasteiger partial charge in [0.25, 0.3) is 0 Å². The molecule has 8 nitrogen and oxygen atoms in total. The molecule has 0 aromatic carbocycles. The van der Waals surface area contributed by atoms with E-state index in [1.807, 2.05) is 18.5 Å². The second-order valence-corrected chi connectivity index (χ2v) is 6.37. The molecule has 24 heavy (non-hydrogen) atoms. The smallest absolute Gasteiger partial charge is 0.309 e. The topological polar surface area (TPSA) is 95.4 Å². The van der Waals surface area contributed by atoms with E-state index < -0.39 is 0 Å². The third-order valence-electron chi connectivity index (χ3n) is 4.27. The number of nitrogens with two attached hydrogens (primary N) is 1. The Morgan fingerprint density at radius 1 is 1.38 bits per heavy atom. The van der Waals surface area contributed by atoms with Gasteiger partial charge in [-0.15, -0.1) is 0 Å². The zero-order chi connectivity index (χ0) is 17.7. The zero-order valence-electron chi connectivity index (χ0n) is 14.2. The Hall–Kier alpha value is -1.74. The van der Waals surface area contributed by atoms with E-state index in [0.29, 0.717) is 24.5 Å². The number of likely N-dealkylation sites (tertiary alicyclic amines) is 1. The average Bonchev–Trinajstić information content (AvgIpc) is 2.82. The van der Waals surface area contributed by atoms with Crippen LogP contribution in [0, 0.1) is 10.7 Å². The monoisotopic (exact) mass is 355 g/mol. The van der Waals surface area contributed by atoms with Gasteiger partial charge in [0, 0.05) is 33.0 Å². The molecule has 1 amide bonds. The van der Waals surface area contributed by atoms with Crippen molar-refractivity contribution in [2.45, 2.75) is 39.3 Å². The summed E-state index contributed by atoms with van der Waals surface area (Å²) in [5, 5.41) is 4.49. The maximum atomic E-state index is 11.8. The zero-order valence-corrected chi connectivity index (χ0v) is 15.0. The average molecular weight is 355 g/mol. The van der Waals surface area contributed by atoms with Crippen LogP contribution in [0.5, 0.6) is 0 Å². The van der Waals surface area contributed by atoms with E-state index >= 15 is 0 Å². The van der Waals surface area contributed by atoms with E-state index in [1.165, 1.54) is 0 Å². The van der Waals surface area contributed by atoms with Crippen molar-refractivity contribution in [1.29, 1.82) is 0 Å². The third-order valence-corrected chi connectivity index (χ3v) is 4.75. The van der Waals surface area contributed by atoms with E-state index in [0.717, 1.165) is 31.8 Å². The van der Waals surface area contributed by atoms with Gasteiger partial charge in [0.1, 0.15) is 5.82 Å². The Morgan fingerprint density at radius 3 is 2.62 bits per heavy atom. The number of rotatable bonds is 7. The number of carbonyl (C=O) groups excluding carboxylic acids is 2. The molecule has 2 heterocycles. The van der Waals surface area contributed by atoms with Gasteiger partial charge in [-0.1, -0.05) is 0 Å². The molecule has 0 saturated carbocycles. The summed E-state index contributed by atoms with van der Waals surface area (Å²) in [7, 11) is 1.84. The highest BCUT2D eigenvalue weighted by molar-refractivity contribution is 7.71. The van der Waals surface area contributed by atoms with E-state index in [9.17, 15) is 9.59 Å². The highest BCUT2D eigenvalue weighted by Crippen LogP contribution is 2.19. The Labute approximate surface area is 146 Å². The molecule has 9 heteroatoms. The minimum Gasteiger partial charge on any atom is -0.466 e. The van der Waals surface area contributed by atoms with Crippen LogP contribution in [-0.4, -0.2) is 50.8 Å². The molecule has 0 bridgehead atoms. The molecule has 1 aliphatic heterocycles. The lowest BCUT2D eigenvalue weighted by Gasteiger charge is -2.30. The quantitative estimate of drug-likeness (QED) is 0.568. The summed E-state index contributed by atoms with van der Waals surface area (Å²) in [6.45, 7) is 4.44. The fourth-order valence-electron chi connectivity index (χ4n) is 2.84. The van der Waals surface area contributed by atoms with Crippen LogP contribution in [0.1, 0.15) is 32.0 Å². The summed E-state index contributed by atoms with van der Waals surface area (Å²) in [5.74, 6) is 0.293. The number of hydrogen-bond acceptors (Lipinski definition) is 6. The van der Waals surface area contributed by atoms with E-state index in [4.69, 9.17) is 22.7 Å². The molecule has 0 radical (unpaired) electrons. The molecular formula is C15H25N5O3S. The van der Waals surface area contributed by atoms with Crippen molar-refractivity contribution < 1.29 is 14.3 Å². The third kappa shape index (κ3) is 4.64. The van der Waals surface area contributed by atoms with Crippen molar-refractivity contribution in [3.05, 3.63) is 10.6 Å². The molecule has 1 aromatic heterocycles. The van der Waals surface area contributed by atoms with Gasteiger partial charge in [0.2, 0.25) is 5.91 Å². The number of carbonyl (C=O) groups is 2. The molecule has 2 rings (SSSR count). The number of ether oxygens (including phenoxy) is 1. The maximum Gasteiger partial charge on any atom is 0.309 e. The van der Waals surface area contributed by atoms with E-state index in [1.54, 1.807) is 4.68 Å². The summed E-state index contributed by atoms with van der Waals surface area (Å²) < 4.78 is 9.27. The molecule has 1 aromatic rings.